The molecule has 0 atom stereocenters. The first kappa shape index (κ1) is 11.6. The molecule has 15 heavy (non-hydrogen) atoms. The number of hydrogen-bond donors (Lipinski definition) is 2. The summed E-state index contributed by atoms with van der Waals surface area (Å²) in [4.78, 5) is 14.1. The number of aromatic nitrogens is 1. The minimum absolute atomic E-state index is 0.133. The Morgan fingerprint density at radius 3 is 2.67 bits per heavy atom. The lowest BCUT2D eigenvalue weighted by atomic mass is 10.1. The average molecular weight is 237 g/mol. The van der Waals surface area contributed by atoms with Gasteiger partial charge in [-0.3, -0.25) is 0 Å². The Morgan fingerprint density at radius 2 is 2.27 bits per heavy atom. The molecule has 0 amide bonds. The standard InChI is InChI=1S/C8H7ClF2N2O2/c9-1-3-5(6(10)11)4(8(14)15)2-13-7(3)12/h2,6H,1H2,(H2,12,13)(H,14,15). The normalized spacial score (nSPS) is 10.7. The van der Waals surface area contributed by atoms with Crippen LogP contribution in [0, 0.1) is 0 Å². The molecule has 1 aromatic heterocycles. The molecule has 0 fully saturated rings. The van der Waals surface area contributed by atoms with E-state index in [-0.39, 0.29) is 17.3 Å². The van der Waals surface area contributed by atoms with Crippen LogP contribution >= 0.6 is 11.6 Å². The third kappa shape index (κ3) is 2.15. The molecular weight excluding hydrogens is 230 g/mol. The number of alkyl halides is 3. The highest BCUT2D eigenvalue weighted by Crippen LogP contribution is 2.30. The topological polar surface area (TPSA) is 76.2 Å². The number of halogens is 3. The predicted octanol–water partition coefficient (Wildman–Crippen LogP) is 2.04. The minimum atomic E-state index is -2.95. The molecule has 0 aliphatic carbocycles. The van der Waals surface area contributed by atoms with E-state index in [9.17, 15) is 13.6 Å². The molecule has 0 radical (unpaired) electrons. The first-order chi connectivity index (χ1) is 6.99. The number of hydrogen-bond acceptors (Lipinski definition) is 3. The first-order valence-corrected chi connectivity index (χ1v) is 4.37. The number of rotatable bonds is 3. The van der Waals surface area contributed by atoms with Crippen molar-refractivity contribution in [3.8, 4) is 0 Å². The Kier molecular flexibility index (Phi) is 3.41. The molecule has 0 bridgehead atoms. The zero-order valence-corrected chi connectivity index (χ0v) is 8.13. The molecule has 0 aliphatic rings. The number of carboxylic acids is 1. The average Bonchev–Trinajstić information content (AvgIpc) is 2.16. The number of anilines is 1. The highest BCUT2D eigenvalue weighted by molar-refractivity contribution is 6.17. The lowest BCUT2D eigenvalue weighted by Gasteiger charge is -2.11. The second-order valence-electron chi connectivity index (χ2n) is 2.69. The molecule has 0 spiro atoms. The zero-order valence-electron chi connectivity index (χ0n) is 7.38. The van der Waals surface area contributed by atoms with Crippen molar-refractivity contribution in [3.63, 3.8) is 0 Å². The number of nitrogen functional groups attached to an aromatic ring is 1. The number of carboxylic acid groups (broad SMARTS) is 1. The van der Waals surface area contributed by atoms with Crippen molar-refractivity contribution in [1.82, 2.24) is 4.98 Å². The quantitative estimate of drug-likeness (QED) is 0.788. The molecule has 82 valence electrons. The Hall–Kier alpha value is -1.43. The summed E-state index contributed by atoms with van der Waals surface area (Å²) in [6.07, 6.45) is -2.15. The van der Waals surface area contributed by atoms with Crippen molar-refractivity contribution in [2.75, 3.05) is 5.73 Å². The smallest absolute Gasteiger partial charge is 0.337 e. The van der Waals surface area contributed by atoms with Crippen LogP contribution in [0.3, 0.4) is 0 Å². The van der Waals surface area contributed by atoms with E-state index in [4.69, 9.17) is 22.4 Å². The zero-order chi connectivity index (χ0) is 11.6. The maximum atomic E-state index is 12.6. The molecule has 1 rings (SSSR count). The van der Waals surface area contributed by atoms with Gasteiger partial charge in [-0.25, -0.2) is 18.6 Å². The maximum Gasteiger partial charge on any atom is 0.337 e. The number of aromatic carboxylic acids is 1. The second-order valence-corrected chi connectivity index (χ2v) is 2.96. The molecule has 3 N–H and O–H groups in total. The molecular formula is C8H7ClF2N2O2. The van der Waals surface area contributed by atoms with E-state index >= 15 is 0 Å². The largest absolute Gasteiger partial charge is 0.478 e. The van der Waals surface area contributed by atoms with E-state index in [1.54, 1.807) is 0 Å². The van der Waals surface area contributed by atoms with Crippen molar-refractivity contribution in [2.24, 2.45) is 0 Å². The van der Waals surface area contributed by atoms with Gasteiger partial charge in [-0.1, -0.05) is 0 Å². The van der Waals surface area contributed by atoms with Gasteiger partial charge in [0.15, 0.2) is 0 Å². The van der Waals surface area contributed by atoms with Crippen molar-refractivity contribution < 1.29 is 18.7 Å². The number of nitrogens with two attached hydrogens (primary N) is 1. The van der Waals surface area contributed by atoms with Crippen molar-refractivity contribution in [3.05, 3.63) is 22.9 Å². The van der Waals surface area contributed by atoms with Crippen LogP contribution in [-0.4, -0.2) is 16.1 Å². The highest BCUT2D eigenvalue weighted by atomic mass is 35.5. The van der Waals surface area contributed by atoms with Gasteiger partial charge in [0.1, 0.15) is 5.82 Å². The fraction of sp³-hybridized carbons (Fsp3) is 0.250. The van der Waals surface area contributed by atoms with E-state index in [2.05, 4.69) is 4.98 Å². The number of carbonyl (C=O) groups is 1. The van der Waals surface area contributed by atoms with Crippen LogP contribution in [0.4, 0.5) is 14.6 Å². The first-order valence-electron chi connectivity index (χ1n) is 3.83. The van der Waals surface area contributed by atoms with E-state index in [1.165, 1.54) is 0 Å². The third-order valence-corrected chi connectivity index (χ3v) is 2.11. The van der Waals surface area contributed by atoms with Crippen molar-refractivity contribution in [1.29, 1.82) is 0 Å². The molecule has 1 heterocycles. The summed E-state index contributed by atoms with van der Waals surface area (Å²) in [6, 6.07) is 0. The minimum Gasteiger partial charge on any atom is -0.478 e. The monoisotopic (exact) mass is 236 g/mol. The lowest BCUT2D eigenvalue weighted by molar-refractivity contribution is 0.0683. The molecule has 0 saturated carbocycles. The van der Waals surface area contributed by atoms with Crippen LogP contribution < -0.4 is 5.73 Å². The van der Waals surface area contributed by atoms with Crippen molar-refractivity contribution >= 4 is 23.4 Å². The second kappa shape index (κ2) is 4.39. The molecule has 0 aromatic carbocycles. The molecule has 0 aliphatic heterocycles. The summed E-state index contributed by atoms with van der Waals surface area (Å²) in [7, 11) is 0. The molecule has 0 unspecified atom stereocenters. The van der Waals surface area contributed by atoms with Gasteiger partial charge in [-0.05, 0) is 0 Å². The van der Waals surface area contributed by atoms with Gasteiger partial charge in [0, 0.05) is 17.3 Å². The summed E-state index contributed by atoms with van der Waals surface area (Å²) < 4.78 is 25.2. The Balaban J connectivity index is 3.49. The van der Waals surface area contributed by atoms with Crippen LogP contribution in [0.1, 0.15) is 27.9 Å². The van der Waals surface area contributed by atoms with Gasteiger partial charge in [-0.2, -0.15) is 0 Å². The fourth-order valence-electron chi connectivity index (χ4n) is 1.14. The van der Waals surface area contributed by atoms with Gasteiger partial charge in [0.05, 0.1) is 11.4 Å². The van der Waals surface area contributed by atoms with Crippen LogP contribution in [0.5, 0.6) is 0 Å². The molecule has 7 heteroatoms. The third-order valence-electron chi connectivity index (χ3n) is 1.84. The van der Waals surface area contributed by atoms with E-state index in [0.717, 1.165) is 6.20 Å². The molecule has 1 aromatic rings. The van der Waals surface area contributed by atoms with E-state index < -0.39 is 23.5 Å². The van der Waals surface area contributed by atoms with E-state index in [0.29, 0.717) is 0 Å². The van der Waals surface area contributed by atoms with Crippen molar-refractivity contribution in [2.45, 2.75) is 12.3 Å². The van der Waals surface area contributed by atoms with Crippen LogP contribution in [0.2, 0.25) is 0 Å². The number of pyridine rings is 1. The SMILES string of the molecule is Nc1ncc(C(=O)O)c(C(F)F)c1CCl. The van der Waals surface area contributed by atoms with Gasteiger partial charge in [0.25, 0.3) is 6.43 Å². The van der Waals surface area contributed by atoms with Crippen LogP contribution in [0.25, 0.3) is 0 Å². The van der Waals surface area contributed by atoms with E-state index in [1.807, 2.05) is 0 Å². The molecule has 4 nitrogen and oxygen atoms in total. The van der Waals surface area contributed by atoms with Crippen LogP contribution in [-0.2, 0) is 5.88 Å². The highest BCUT2D eigenvalue weighted by Gasteiger charge is 2.23. The van der Waals surface area contributed by atoms with Crippen LogP contribution in [0.15, 0.2) is 6.20 Å². The lowest BCUT2D eigenvalue weighted by Crippen LogP contribution is -2.10. The Morgan fingerprint density at radius 1 is 1.67 bits per heavy atom. The Bertz CT molecular complexity index is 398. The number of nitrogens with zero attached hydrogens (tertiary/aromatic N) is 1. The summed E-state index contributed by atoms with van der Waals surface area (Å²) >= 11 is 5.41. The van der Waals surface area contributed by atoms with Gasteiger partial charge in [-0.15, -0.1) is 11.6 Å². The fourth-order valence-corrected chi connectivity index (χ4v) is 1.42. The Labute approximate surface area is 88.7 Å². The predicted molar refractivity (Wildman–Crippen MR) is 50.1 cm³/mol. The van der Waals surface area contributed by atoms with Gasteiger partial charge in [0.2, 0.25) is 0 Å². The maximum absolute atomic E-state index is 12.6. The van der Waals surface area contributed by atoms with Gasteiger partial charge >= 0.3 is 5.97 Å². The molecule has 0 saturated heterocycles. The van der Waals surface area contributed by atoms with Gasteiger partial charge < -0.3 is 10.8 Å². The summed E-state index contributed by atoms with van der Waals surface area (Å²) in [5.41, 5.74) is 3.95. The summed E-state index contributed by atoms with van der Waals surface area (Å²) in [5.74, 6) is -1.96. The summed E-state index contributed by atoms with van der Waals surface area (Å²) in [5, 5.41) is 8.67. The summed E-state index contributed by atoms with van der Waals surface area (Å²) in [6.45, 7) is 0.